The number of ether oxygens (including phenoxy) is 2. The van der Waals surface area contributed by atoms with Crippen LogP contribution in [-0.4, -0.2) is 34.5 Å². The summed E-state index contributed by atoms with van der Waals surface area (Å²) in [7, 11) is 0. The van der Waals surface area contributed by atoms with E-state index in [-0.39, 0.29) is 45.5 Å². The number of benzene rings is 2. The molecule has 2 aromatic carbocycles. The van der Waals surface area contributed by atoms with Gasteiger partial charge in [-0.05, 0) is 67.3 Å². The van der Waals surface area contributed by atoms with Crippen LogP contribution in [0, 0.1) is 20.9 Å². The summed E-state index contributed by atoms with van der Waals surface area (Å²) in [5.41, 5.74) is 0.673. The van der Waals surface area contributed by atoms with E-state index in [2.05, 4.69) is 4.90 Å². The topological polar surface area (TPSA) is 99.0 Å². The Labute approximate surface area is 270 Å². The van der Waals surface area contributed by atoms with Gasteiger partial charge in [0.15, 0.2) is 23.1 Å². The first-order valence-corrected chi connectivity index (χ1v) is 15.5. The molecule has 246 valence electrons. The highest BCUT2D eigenvalue weighted by molar-refractivity contribution is 6.32. The number of allylic oxidation sites excluding steroid dienone is 4. The number of hydrogen-bond donors (Lipinski definition) is 0. The lowest BCUT2D eigenvalue weighted by atomic mass is 9.63. The average molecular weight is 661 g/mol. The Hall–Kier alpha value is -3.86. The van der Waals surface area contributed by atoms with Gasteiger partial charge in [0.1, 0.15) is 0 Å². The minimum atomic E-state index is -4.80. The fourth-order valence-corrected chi connectivity index (χ4v) is 7.17. The van der Waals surface area contributed by atoms with Crippen LogP contribution in [-0.2, 0) is 15.8 Å². The first-order valence-electron chi connectivity index (χ1n) is 15.2. The fraction of sp³-hybridized carbons (Fsp3) is 0.471. The maximum Gasteiger partial charge on any atom is 0.416 e. The lowest BCUT2D eigenvalue weighted by Crippen LogP contribution is -2.44. The van der Waals surface area contributed by atoms with Crippen molar-refractivity contribution in [2.24, 2.45) is 10.8 Å². The molecule has 5 rings (SSSR count). The van der Waals surface area contributed by atoms with Gasteiger partial charge < -0.3 is 14.4 Å². The number of Topliss-reactive ketones (excluding diaryl/α,β-unsaturated/α-hetero) is 2. The maximum absolute atomic E-state index is 13.9. The molecule has 0 spiro atoms. The largest absolute Gasteiger partial charge is 0.490 e. The molecule has 2 aromatic rings. The lowest BCUT2D eigenvalue weighted by Gasteiger charge is -2.49. The molecule has 3 aliphatic rings. The van der Waals surface area contributed by atoms with Crippen molar-refractivity contribution in [2.75, 3.05) is 13.2 Å². The van der Waals surface area contributed by atoms with Crippen molar-refractivity contribution >= 4 is 28.9 Å². The first kappa shape index (κ1) is 33.5. The first-order chi connectivity index (χ1) is 21.4. The second kappa shape index (κ2) is 11.7. The molecule has 0 saturated heterocycles. The van der Waals surface area contributed by atoms with Crippen molar-refractivity contribution in [3.05, 3.63) is 79.1 Å². The number of nitro benzene ring substituents is 1. The van der Waals surface area contributed by atoms with Gasteiger partial charge in [-0.15, -0.1) is 0 Å². The van der Waals surface area contributed by atoms with E-state index in [0.29, 0.717) is 61.1 Å². The van der Waals surface area contributed by atoms with Gasteiger partial charge in [0.05, 0.1) is 22.1 Å². The third kappa shape index (κ3) is 6.13. The molecule has 2 aliphatic carbocycles. The number of rotatable bonds is 7. The summed E-state index contributed by atoms with van der Waals surface area (Å²) in [6.07, 6.45) is -2.94. The van der Waals surface area contributed by atoms with E-state index < -0.39 is 34.0 Å². The van der Waals surface area contributed by atoms with Crippen LogP contribution in [0.2, 0.25) is 5.02 Å². The van der Waals surface area contributed by atoms with E-state index in [1.165, 1.54) is 6.07 Å². The summed E-state index contributed by atoms with van der Waals surface area (Å²) in [4.78, 5) is 40.8. The highest BCUT2D eigenvalue weighted by Crippen LogP contribution is 2.56. The Bertz CT molecular complexity index is 1650. The van der Waals surface area contributed by atoms with E-state index in [9.17, 15) is 32.9 Å². The average Bonchev–Trinajstić information content (AvgIpc) is 2.92. The molecule has 0 N–H and O–H groups in total. The van der Waals surface area contributed by atoms with Gasteiger partial charge in [-0.2, -0.15) is 13.2 Å². The molecule has 0 aromatic heterocycles. The smallest absolute Gasteiger partial charge is 0.416 e. The highest BCUT2D eigenvalue weighted by Gasteiger charge is 2.49. The zero-order chi connectivity index (χ0) is 33.9. The Kier molecular flexibility index (Phi) is 8.55. The van der Waals surface area contributed by atoms with Crippen molar-refractivity contribution in [3.63, 3.8) is 0 Å². The number of carbonyl (C=O) groups excluding carboxylic acids is 2. The van der Waals surface area contributed by atoms with Crippen molar-refractivity contribution in [3.8, 4) is 17.2 Å². The lowest BCUT2D eigenvalue weighted by molar-refractivity contribution is -0.385. The number of carbonyl (C=O) groups is 2. The van der Waals surface area contributed by atoms with E-state index in [4.69, 9.17) is 21.1 Å². The second-order valence-corrected chi connectivity index (χ2v) is 14.0. The summed E-state index contributed by atoms with van der Waals surface area (Å²) in [5, 5.41) is 11.7. The molecule has 0 radical (unpaired) electrons. The molecule has 46 heavy (non-hydrogen) atoms. The Morgan fingerprint density at radius 2 is 1.50 bits per heavy atom. The van der Waals surface area contributed by atoms with Crippen molar-refractivity contribution in [1.29, 1.82) is 0 Å². The van der Waals surface area contributed by atoms with Crippen LogP contribution in [0.25, 0.3) is 0 Å². The zero-order valence-electron chi connectivity index (χ0n) is 26.6. The van der Waals surface area contributed by atoms with Crippen LogP contribution in [0.3, 0.4) is 0 Å². The predicted molar refractivity (Wildman–Crippen MR) is 166 cm³/mol. The molecule has 0 amide bonds. The summed E-state index contributed by atoms with van der Waals surface area (Å²) >= 11 is 6.78. The van der Waals surface area contributed by atoms with Gasteiger partial charge in [0.2, 0.25) is 5.75 Å². The summed E-state index contributed by atoms with van der Waals surface area (Å²) in [5.74, 6) is -1.40. The fourth-order valence-electron chi connectivity index (χ4n) is 6.91. The van der Waals surface area contributed by atoms with E-state index >= 15 is 0 Å². The number of hydrogen-bond acceptors (Lipinski definition) is 7. The van der Waals surface area contributed by atoms with Crippen LogP contribution in [0.5, 0.6) is 17.2 Å². The quantitative estimate of drug-likeness (QED) is 0.216. The predicted octanol–water partition coefficient (Wildman–Crippen LogP) is 9.16. The molecule has 12 heteroatoms. The number of ketones is 2. The van der Waals surface area contributed by atoms with Crippen molar-refractivity contribution in [2.45, 2.75) is 79.3 Å². The van der Waals surface area contributed by atoms with Crippen LogP contribution in [0.4, 0.5) is 18.9 Å². The minimum Gasteiger partial charge on any atom is -0.490 e. The summed E-state index contributed by atoms with van der Waals surface area (Å²) in [6.45, 7) is 12.6. The van der Waals surface area contributed by atoms with Crippen molar-refractivity contribution in [1.82, 2.24) is 4.90 Å². The Morgan fingerprint density at radius 3 is 1.98 bits per heavy atom. The number of alkyl halides is 3. The monoisotopic (exact) mass is 660 g/mol. The van der Waals surface area contributed by atoms with E-state index in [1.807, 2.05) is 34.6 Å². The van der Waals surface area contributed by atoms with E-state index in [0.717, 1.165) is 17.5 Å². The second-order valence-electron chi connectivity index (χ2n) is 13.6. The van der Waals surface area contributed by atoms with E-state index in [1.54, 1.807) is 13.0 Å². The number of nitrogens with zero attached hydrogens (tertiary/aromatic N) is 2. The normalized spacial score (nSPS) is 19.7. The SMILES string of the molecule is CCOc1cc(C2C3=C(CC(C)(C)CC3=O)N(CC)C3=C2C(=O)CC(C)(C)C3)cc(Cl)c1Oc1ccc(C(F)(F)F)cc1[N+](=O)[O-]. The molecule has 0 unspecified atom stereocenters. The standard InChI is InChI=1S/C34H36ClF3N2O6/c1-7-39-22-14-32(3,4)16-24(41)29(22)28(30-23(39)15-33(5,6)17-25(30)42)18-11-20(35)31(27(12-18)45-8-2)46-26-10-9-19(34(36,37)38)13-21(26)40(43)44/h9-13,28H,7-8,14-17H2,1-6H3. The number of halogens is 4. The zero-order valence-corrected chi connectivity index (χ0v) is 27.3. The van der Waals surface area contributed by atoms with Gasteiger partial charge in [0, 0.05) is 53.9 Å². The highest BCUT2D eigenvalue weighted by atomic mass is 35.5. The van der Waals surface area contributed by atoms with Gasteiger partial charge in [0.25, 0.3) is 0 Å². The molecule has 8 nitrogen and oxygen atoms in total. The number of nitro groups is 1. The molecular formula is C34H36ClF3N2O6. The molecule has 0 saturated carbocycles. The minimum absolute atomic E-state index is 0.0513. The Balaban J connectivity index is 1.70. The van der Waals surface area contributed by atoms with Gasteiger partial charge in [-0.1, -0.05) is 39.3 Å². The third-order valence-electron chi connectivity index (χ3n) is 8.70. The Morgan fingerprint density at radius 1 is 0.935 bits per heavy atom. The van der Waals surface area contributed by atoms with Crippen LogP contribution >= 0.6 is 11.6 Å². The van der Waals surface area contributed by atoms with Crippen LogP contribution in [0.15, 0.2) is 52.9 Å². The molecular weight excluding hydrogens is 625 g/mol. The molecule has 1 aliphatic heterocycles. The molecule has 0 bridgehead atoms. The van der Waals surface area contributed by atoms with Crippen LogP contribution < -0.4 is 9.47 Å². The molecule has 1 heterocycles. The third-order valence-corrected chi connectivity index (χ3v) is 8.98. The maximum atomic E-state index is 13.9. The van der Waals surface area contributed by atoms with Gasteiger partial charge in [-0.25, -0.2) is 0 Å². The van der Waals surface area contributed by atoms with Crippen molar-refractivity contribution < 1.29 is 37.2 Å². The molecule has 0 fully saturated rings. The van der Waals surface area contributed by atoms with Crippen LogP contribution in [0.1, 0.15) is 84.3 Å². The summed E-state index contributed by atoms with van der Waals surface area (Å²) < 4.78 is 51.6. The van der Waals surface area contributed by atoms with Gasteiger partial charge in [-0.3, -0.25) is 19.7 Å². The summed E-state index contributed by atoms with van der Waals surface area (Å²) in [6, 6.07) is 5.08. The van der Waals surface area contributed by atoms with Gasteiger partial charge >= 0.3 is 11.9 Å². The molecule has 0 atom stereocenters.